The number of unbranched alkanes of at least 4 members (excludes halogenated alkanes) is 6. The lowest BCUT2D eigenvalue weighted by Gasteiger charge is -2.00. The predicted molar refractivity (Wildman–Crippen MR) is 66.7 cm³/mol. The van der Waals surface area contributed by atoms with Crippen LogP contribution in [0.1, 0.15) is 71.6 Å². The van der Waals surface area contributed by atoms with Gasteiger partial charge in [-0.2, -0.15) is 0 Å². The van der Waals surface area contributed by atoms with Crippen LogP contribution in [0.5, 0.6) is 0 Å². The van der Waals surface area contributed by atoms with Gasteiger partial charge >= 0.3 is 0 Å². The SMILES string of the molecule is CCCCCCC#CCCCCC(C)O. The Kier molecular flexibility index (Phi) is 11.2. The average Bonchev–Trinajstić information content (AvgIpc) is 2.20. The van der Waals surface area contributed by atoms with Gasteiger partial charge in [0.05, 0.1) is 6.10 Å². The molecule has 0 saturated carbocycles. The molecule has 0 aromatic heterocycles. The number of hydrogen-bond donors (Lipinski definition) is 1. The molecule has 0 saturated heterocycles. The Labute approximate surface area is 95.3 Å². The van der Waals surface area contributed by atoms with Crippen molar-refractivity contribution in [3.05, 3.63) is 0 Å². The Morgan fingerprint density at radius 1 is 0.933 bits per heavy atom. The topological polar surface area (TPSA) is 20.2 Å². The molecule has 15 heavy (non-hydrogen) atoms. The third-order valence-corrected chi connectivity index (χ3v) is 2.45. The van der Waals surface area contributed by atoms with Crippen LogP contribution in [0.15, 0.2) is 0 Å². The molecule has 0 amide bonds. The molecule has 1 atom stereocenters. The molecule has 1 heteroatoms. The first-order valence-electron chi connectivity index (χ1n) is 6.41. The van der Waals surface area contributed by atoms with E-state index >= 15 is 0 Å². The highest BCUT2D eigenvalue weighted by Crippen LogP contribution is 2.03. The highest BCUT2D eigenvalue weighted by molar-refractivity contribution is 4.98. The van der Waals surface area contributed by atoms with Crippen LogP contribution < -0.4 is 0 Å². The van der Waals surface area contributed by atoms with Gasteiger partial charge in [0.15, 0.2) is 0 Å². The maximum atomic E-state index is 9.04. The fraction of sp³-hybridized carbons (Fsp3) is 0.857. The zero-order valence-corrected chi connectivity index (χ0v) is 10.4. The summed E-state index contributed by atoms with van der Waals surface area (Å²) in [5, 5.41) is 9.04. The van der Waals surface area contributed by atoms with Gasteiger partial charge in [-0.05, 0) is 32.6 Å². The number of hydrogen-bond acceptors (Lipinski definition) is 1. The van der Waals surface area contributed by atoms with Gasteiger partial charge in [-0.3, -0.25) is 0 Å². The fourth-order valence-electron chi connectivity index (χ4n) is 1.47. The quantitative estimate of drug-likeness (QED) is 0.476. The van der Waals surface area contributed by atoms with Gasteiger partial charge < -0.3 is 5.11 Å². The molecule has 1 unspecified atom stereocenters. The summed E-state index contributed by atoms with van der Waals surface area (Å²) in [6.45, 7) is 4.08. The molecule has 88 valence electrons. The molecule has 1 N–H and O–H groups in total. The Morgan fingerprint density at radius 3 is 2.07 bits per heavy atom. The lowest BCUT2D eigenvalue weighted by molar-refractivity contribution is 0.181. The summed E-state index contributed by atoms with van der Waals surface area (Å²) in [5.74, 6) is 6.42. The maximum absolute atomic E-state index is 9.04. The Hall–Kier alpha value is -0.480. The second-order valence-corrected chi connectivity index (χ2v) is 4.26. The summed E-state index contributed by atoms with van der Waals surface area (Å²) >= 11 is 0. The van der Waals surface area contributed by atoms with Crippen molar-refractivity contribution in [2.75, 3.05) is 0 Å². The van der Waals surface area contributed by atoms with Gasteiger partial charge in [-0.25, -0.2) is 0 Å². The van der Waals surface area contributed by atoms with E-state index in [-0.39, 0.29) is 6.10 Å². The first-order chi connectivity index (χ1) is 7.27. The summed E-state index contributed by atoms with van der Waals surface area (Å²) in [5.41, 5.74) is 0. The standard InChI is InChI=1S/C14H26O/c1-3-4-5-6-7-8-9-10-11-12-13-14(2)15/h14-15H,3-7,10-13H2,1-2H3. The van der Waals surface area contributed by atoms with Crippen molar-refractivity contribution in [3.63, 3.8) is 0 Å². The lowest BCUT2D eigenvalue weighted by atomic mass is 10.1. The third-order valence-electron chi connectivity index (χ3n) is 2.45. The van der Waals surface area contributed by atoms with Crippen molar-refractivity contribution in [2.45, 2.75) is 77.7 Å². The molecule has 1 nitrogen and oxygen atoms in total. The van der Waals surface area contributed by atoms with Crippen molar-refractivity contribution in [2.24, 2.45) is 0 Å². The van der Waals surface area contributed by atoms with E-state index < -0.39 is 0 Å². The van der Waals surface area contributed by atoms with E-state index in [1.54, 1.807) is 0 Å². The Balaban J connectivity index is 3.10. The van der Waals surface area contributed by atoms with Gasteiger partial charge in [0.25, 0.3) is 0 Å². The average molecular weight is 210 g/mol. The van der Waals surface area contributed by atoms with Crippen LogP contribution in [0.2, 0.25) is 0 Å². The monoisotopic (exact) mass is 210 g/mol. The molecule has 0 heterocycles. The summed E-state index contributed by atoms with van der Waals surface area (Å²) in [7, 11) is 0. The van der Waals surface area contributed by atoms with Gasteiger partial charge in [0.2, 0.25) is 0 Å². The van der Waals surface area contributed by atoms with E-state index in [4.69, 9.17) is 5.11 Å². The molecule has 0 aromatic rings. The maximum Gasteiger partial charge on any atom is 0.0512 e. The molecule has 0 spiro atoms. The Bertz CT molecular complexity index is 174. The summed E-state index contributed by atoms with van der Waals surface area (Å²) < 4.78 is 0. The van der Waals surface area contributed by atoms with E-state index in [1.807, 2.05) is 6.92 Å². The predicted octanol–water partition coefficient (Wildman–Crippen LogP) is 3.90. The lowest BCUT2D eigenvalue weighted by Crippen LogP contribution is -1.97. The minimum atomic E-state index is -0.146. The Morgan fingerprint density at radius 2 is 1.53 bits per heavy atom. The van der Waals surface area contributed by atoms with Crippen LogP contribution >= 0.6 is 0 Å². The van der Waals surface area contributed by atoms with Crippen molar-refractivity contribution in [3.8, 4) is 11.8 Å². The number of aliphatic hydroxyl groups excluding tert-OH is 1. The smallest absolute Gasteiger partial charge is 0.0512 e. The van der Waals surface area contributed by atoms with E-state index in [1.165, 1.54) is 25.7 Å². The summed E-state index contributed by atoms with van der Waals surface area (Å²) in [4.78, 5) is 0. The summed E-state index contributed by atoms with van der Waals surface area (Å²) in [6.07, 6.45) is 10.3. The van der Waals surface area contributed by atoms with Crippen LogP contribution in [-0.2, 0) is 0 Å². The summed E-state index contributed by atoms with van der Waals surface area (Å²) in [6, 6.07) is 0. The van der Waals surface area contributed by atoms with E-state index in [0.29, 0.717) is 0 Å². The molecule has 0 aliphatic rings. The van der Waals surface area contributed by atoms with E-state index in [2.05, 4.69) is 18.8 Å². The zero-order chi connectivity index (χ0) is 11.4. The van der Waals surface area contributed by atoms with Crippen LogP contribution in [0.3, 0.4) is 0 Å². The van der Waals surface area contributed by atoms with Gasteiger partial charge in [-0.15, -0.1) is 11.8 Å². The van der Waals surface area contributed by atoms with Crippen molar-refractivity contribution in [1.82, 2.24) is 0 Å². The van der Waals surface area contributed by atoms with Crippen molar-refractivity contribution < 1.29 is 5.11 Å². The molecule has 0 aliphatic carbocycles. The van der Waals surface area contributed by atoms with Gasteiger partial charge in [0, 0.05) is 12.8 Å². The van der Waals surface area contributed by atoms with E-state index in [9.17, 15) is 0 Å². The zero-order valence-electron chi connectivity index (χ0n) is 10.4. The van der Waals surface area contributed by atoms with Crippen LogP contribution in [-0.4, -0.2) is 11.2 Å². The van der Waals surface area contributed by atoms with Crippen LogP contribution in [0.4, 0.5) is 0 Å². The largest absolute Gasteiger partial charge is 0.393 e. The minimum Gasteiger partial charge on any atom is -0.393 e. The first-order valence-corrected chi connectivity index (χ1v) is 6.41. The molecule has 0 rings (SSSR count). The highest BCUT2D eigenvalue weighted by Gasteiger charge is 1.93. The van der Waals surface area contributed by atoms with Crippen LogP contribution in [0.25, 0.3) is 0 Å². The van der Waals surface area contributed by atoms with Crippen molar-refractivity contribution in [1.29, 1.82) is 0 Å². The second-order valence-electron chi connectivity index (χ2n) is 4.26. The molecule has 0 fully saturated rings. The molecule has 0 aromatic carbocycles. The van der Waals surface area contributed by atoms with Crippen LogP contribution in [0, 0.1) is 11.8 Å². The normalized spacial score (nSPS) is 11.9. The highest BCUT2D eigenvalue weighted by atomic mass is 16.3. The third kappa shape index (κ3) is 13.5. The molecule has 0 radical (unpaired) electrons. The molecular formula is C14H26O. The minimum absolute atomic E-state index is 0.146. The van der Waals surface area contributed by atoms with Gasteiger partial charge in [0.1, 0.15) is 0 Å². The number of aliphatic hydroxyl groups is 1. The molecule has 0 bridgehead atoms. The van der Waals surface area contributed by atoms with E-state index in [0.717, 1.165) is 32.1 Å². The van der Waals surface area contributed by atoms with Gasteiger partial charge in [-0.1, -0.05) is 26.2 Å². The molecule has 0 aliphatic heterocycles. The fourth-order valence-corrected chi connectivity index (χ4v) is 1.47. The van der Waals surface area contributed by atoms with Crippen molar-refractivity contribution >= 4 is 0 Å². The number of rotatable bonds is 8. The first kappa shape index (κ1) is 14.5. The molecular weight excluding hydrogens is 184 g/mol. The second kappa shape index (κ2) is 11.6.